The van der Waals surface area contributed by atoms with E-state index in [0.717, 1.165) is 4.47 Å². The van der Waals surface area contributed by atoms with E-state index >= 15 is 0 Å². The van der Waals surface area contributed by atoms with Crippen molar-refractivity contribution in [2.75, 3.05) is 0 Å². The lowest BCUT2D eigenvalue weighted by Gasteiger charge is -2.07. The van der Waals surface area contributed by atoms with E-state index in [1.165, 1.54) is 6.07 Å². The van der Waals surface area contributed by atoms with Crippen molar-refractivity contribution in [3.63, 3.8) is 0 Å². The van der Waals surface area contributed by atoms with E-state index in [-0.39, 0.29) is 10.8 Å². The van der Waals surface area contributed by atoms with Gasteiger partial charge in [0.25, 0.3) is 10.0 Å². The molecule has 0 saturated carbocycles. The fourth-order valence-corrected chi connectivity index (χ4v) is 3.44. The fourth-order valence-electron chi connectivity index (χ4n) is 1.81. The quantitative estimate of drug-likeness (QED) is 0.768. The first-order valence-corrected chi connectivity index (χ1v) is 8.16. The smallest absolute Gasteiger partial charge is 0.286 e. The highest BCUT2D eigenvalue weighted by Gasteiger charge is 2.30. The first kappa shape index (κ1) is 13.6. The van der Waals surface area contributed by atoms with Gasteiger partial charge in [0.1, 0.15) is 10.6 Å². The molecule has 0 aliphatic carbocycles. The monoisotopic (exact) mass is 371 g/mol. The van der Waals surface area contributed by atoms with Gasteiger partial charge < -0.3 is 4.74 Å². The Labute approximate surface area is 129 Å². The van der Waals surface area contributed by atoms with Gasteiger partial charge in [-0.05, 0) is 30.3 Å². The number of hydrogen-bond acceptors (Lipinski definition) is 3. The SMILES string of the molecule is O=S1(=O)N=C(Oc2cc(Br)ccc2Cl)c2ccccc21. The van der Waals surface area contributed by atoms with E-state index in [9.17, 15) is 8.42 Å². The summed E-state index contributed by atoms with van der Waals surface area (Å²) in [6.45, 7) is 0. The van der Waals surface area contributed by atoms with Crippen molar-refractivity contribution in [3.8, 4) is 5.75 Å². The second-order valence-electron chi connectivity index (χ2n) is 4.04. The molecule has 1 aliphatic heterocycles. The van der Waals surface area contributed by atoms with Crippen LogP contribution in [0.3, 0.4) is 0 Å². The van der Waals surface area contributed by atoms with Gasteiger partial charge in [-0.15, -0.1) is 4.40 Å². The van der Waals surface area contributed by atoms with E-state index in [2.05, 4.69) is 20.3 Å². The molecule has 0 radical (unpaired) electrons. The van der Waals surface area contributed by atoms with Gasteiger partial charge in [0.05, 0.1) is 10.6 Å². The summed E-state index contributed by atoms with van der Waals surface area (Å²) in [5.41, 5.74) is 0.434. The maximum atomic E-state index is 11.9. The minimum atomic E-state index is -3.69. The Bertz CT molecular complexity index is 833. The molecule has 0 saturated heterocycles. The molecule has 0 amide bonds. The Morgan fingerprint density at radius 1 is 1.15 bits per heavy atom. The molecule has 4 nitrogen and oxygen atoms in total. The van der Waals surface area contributed by atoms with Crippen LogP contribution in [0, 0.1) is 0 Å². The van der Waals surface area contributed by atoms with Crippen molar-refractivity contribution >= 4 is 43.5 Å². The van der Waals surface area contributed by atoms with E-state index in [0.29, 0.717) is 16.3 Å². The Balaban J connectivity index is 2.07. The van der Waals surface area contributed by atoms with Crippen molar-refractivity contribution in [2.24, 2.45) is 4.40 Å². The third kappa shape index (κ3) is 2.34. The van der Waals surface area contributed by atoms with Crippen LogP contribution in [0.15, 0.2) is 56.2 Å². The summed E-state index contributed by atoms with van der Waals surface area (Å²) in [5, 5.41) is 0.373. The molecule has 20 heavy (non-hydrogen) atoms. The van der Waals surface area contributed by atoms with Crippen LogP contribution in [-0.2, 0) is 10.0 Å². The number of rotatable bonds is 1. The molecule has 0 aromatic heterocycles. The van der Waals surface area contributed by atoms with E-state index in [1.54, 1.807) is 36.4 Å². The van der Waals surface area contributed by atoms with Crippen LogP contribution in [0.25, 0.3) is 0 Å². The van der Waals surface area contributed by atoms with Crippen molar-refractivity contribution in [1.29, 1.82) is 0 Å². The molecule has 1 aliphatic rings. The third-order valence-corrected chi connectivity index (χ3v) is 4.82. The van der Waals surface area contributed by atoms with Gasteiger partial charge in [-0.25, -0.2) is 0 Å². The van der Waals surface area contributed by atoms with Crippen LogP contribution in [0.2, 0.25) is 5.02 Å². The summed E-state index contributed by atoms with van der Waals surface area (Å²) < 4.78 is 33.8. The topological polar surface area (TPSA) is 55.7 Å². The molecule has 2 aromatic rings. The lowest BCUT2D eigenvalue weighted by Crippen LogP contribution is -2.08. The number of fused-ring (bicyclic) bond motifs is 1. The van der Waals surface area contributed by atoms with Crippen LogP contribution in [0.1, 0.15) is 5.56 Å². The van der Waals surface area contributed by atoms with Crippen LogP contribution in [-0.4, -0.2) is 14.3 Å². The lowest BCUT2D eigenvalue weighted by molar-refractivity contribution is 0.553. The second kappa shape index (κ2) is 4.87. The molecule has 0 unspecified atom stereocenters. The van der Waals surface area contributed by atoms with E-state index in [4.69, 9.17) is 16.3 Å². The van der Waals surface area contributed by atoms with Crippen LogP contribution in [0.4, 0.5) is 0 Å². The predicted molar refractivity (Wildman–Crippen MR) is 79.9 cm³/mol. The van der Waals surface area contributed by atoms with Gasteiger partial charge in [0, 0.05) is 4.47 Å². The summed E-state index contributed by atoms with van der Waals surface area (Å²) in [5.74, 6) is 0.368. The number of nitrogens with zero attached hydrogens (tertiary/aromatic N) is 1. The number of ether oxygens (including phenoxy) is 1. The molecule has 0 N–H and O–H groups in total. The number of halogens is 2. The first-order valence-electron chi connectivity index (χ1n) is 5.55. The predicted octanol–water partition coefficient (Wildman–Crippen LogP) is 3.63. The largest absolute Gasteiger partial charge is 0.436 e. The van der Waals surface area contributed by atoms with Crippen molar-refractivity contribution in [3.05, 3.63) is 57.5 Å². The van der Waals surface area contributed by atoms with Gasteiger partial charge in [-0.2, -0.15) is 8.42 Å². The highest BCUT2D eigenvalue weighted by atomic mass is 79.9. The number of benzene rings is 2. The molecule has 2 aromatic carbocycles. The van der Waals surface area contributed by atoms with Crippen LogP contribution in [0.5, 0.6) is 5.75 Å². The minimum absolute atomic E-state index is 0.0283. The molecule has 0 bridgehead atoms. The standard InChI is InChI=1S/C13H7BrClNO3S/c14-8-5-6-10(15)11(7-8)19-13-9-3-1-2-4-12(9)20(17,18)16-13/h1-7H. The molecule has 102 valence electrons. The second-order valence-corrected chi connectivity index (χ2v) is 6.94. The zero-order chi connectivity index (χ0) is 14.3. The first-order chi connectivity index (χ1) is 9.47. The molecule has 1 heterocycles. The van der Waals surface area contributed by atoms with Crippen LogP contribution >= 0.6 is 27.5 Å². The molecular formula is C13H7BrClNO3S. The minimum Gasteiger partial charge on any atom is -0.436 e. The summed E-state index contributed by atoms with van der Waals surface area (Å²) in [6.07, 6.45) is 0. The normalized spacial score (nSPS) is 15.6. The zero-order valence-corrected chi connectivity index (χ0v) is 13.0. The molecule has 0 fully saturated rings. The maximum absolute atomic E-state index is 11.9. The highest BCUT2D eigenvalue weighted by molar-refractivity contribution is 9.10. The van der Waals surface area contributed by atoms with Gasteiger partial charge in [-0.1, -0.05) is 39.7 Å². The molecular weight excluding hydrogens is 366 g/mol. The average Bonchev–Trinajstić information content (AvgIpc) is 2.66. The summed E-state index contributed by atoms with van der Waals surface area (Å²) >= 11 is 9.33. The Morgan fingerprint density at radius 2 is 1.90 bits per heavy atom. The highest BCUT2D eigenvalue weighted by Crippen LogP contribution is 2.32. The molecule has 0 atom stereocenters. The zero-order valence-electron chi connectivity index (χ0n) is 9.88. The van der Waals surface area contributed by atoms with Crippen molar-refractivity contribution in [1.82, 2.24) is 0 Å². The van der Waals surface area contributed by atoms with Crippen molar-refractivity contribution in [2.45, 2.75) is 4.90 Å². The van der Waals surface area contributed by atoms with Crippen LogP contribution < -0.4 is 4.74 Å². The molecule has 3 rings (SSSR count). The molecule has 0 spiro atoms. The summed E-state index contributed by atoms with van der Waals surface area (Å²) in [7, 11) is -3.69. The van der Waals surface area contributed by atoms with E-state index in [1.807, 2.05) is 0 Å². The fraction of sp³-hybridized carbons (Fsp3) is 0. The number of hydrogen-bond donors (Lipinski definition) is 0. The Morgan fingerprint density at radius 3 is 2.70 bits per heavy atom. The van der Waals surface area contributed by atoms with Gasteiger partial charge in [-0.3, -0.25) is 0 Å². The lowest BCUT2D eigenvalue weighted by atomic mass is 10.2. The van der Waals surface area contributed by atoms with Gasteiger partial charge >= 0.3 is 0 Å². The summed E-state index contributed by atoms with van der Waals surface area (Å²) in [4.78, 5) is 0.140. The van der Waals surface area contributed by atoms with Gasteiger partial charge in [0.15, 0.2) is 0 Å². The summed E-state index contributed by atoms with van der Waals surface area (Å²) in [6, 6.07) is 11.6. The Kier molecular flexibility index (Phi) is 3.32. The molecule has 7 heteroatoms. The number of sulfonamides is 1. The average molecular weight is 373 g/mol. The Hall–Kier alpha value is -1.37. The maximum Gasteiger partial charge on any atom is 0.286 e. The third-order valence-electron chi connectivity index (χ3n) is 2.70. The van der Waals surface area contributed by atoms with Crippen molar-refractivity contribution < 1.29 is 13.2 Å². The van der Waals surface area contributed by atoms with E-state index < -0.39 is 10.0 Å². The van der Waals surface area contributed by atoms with Gasteiger partial charge in [0.2, 0.25) is 5.90 Å².